The molecular formula is C10H19Br. The molecule has 0 heterocycles. The summed E-state index contributed by atoms with van der Waals surface area (Å²) >= 11 is 3.68. The van der Waals surface area contributed by atoms with Gasteiger partial charge in [0, 0.05) is 4.83 Å². The van der Waals surface area contributed by atoms with Crippen LogP contribution in [-0.4, -0.2) is 4.83 Å². The number of hydrogen-bond donors (Lipinski definition) is 0. The van der Waals surface area contributed by atoms with Crippen molar-refractivity contribution in [2.24, 2.45) is 5.92 Å². The van der Waals surface area contributed by atoms with E-state index in [9.17, 15) is 0 Å². The molecule has 0 amide bonds. The van der Waals surface area contributed by atoms with Crippen molar-refractivity contribution in [3.63, 3.8) is 0 Å². The van der Waals surface area contributed by atoms with Gasteiger partial charge in [-0.2, -0.15) is 0 Å². The lowest BCUT2D eigenvalue weighted by Crippen LogP contribution is -2.13. The summed E-state index contributed by atoms with van der Waals surface area (Å²) in [5, 5.41) is 0. The monoisotopic (exact) mass is 218 g/mol. The Morgan fingerprint density at radius 1 is 1.18 bits per heavy atom. The third-order valence-electron chi connectivity index (χ3n) is 2.74. The zero-order chi connectivity index (χ0) is 8.10. The van der Waals surface area contributed by atoms with Gasteiger partial charge < -0.3 is 0 Å². The van der Waals surface area contributed by atoms with Crippen molar-refractivity contribution < 1.29 is 0 Å². The van der Waals surface area contributed by atoms with E-state index in [-0.39, 0.29) is 0 Å². The largest absolute Gasteiger partial charge is 0.0891 e. The zero-order valence-corrected chi connectivity index (χ0v) is 9.07. The van der Waals surface area contributed by atoms with Crippen molar-refractivity contribution in [2.75, 3.05) is 0 Å². The van der Waals surface area contributed by atoms with Gasteiger partial charge >= 0.3 is 0 Å². The van der Waals surface area contributed by atoms with Crippen molar-refractivity contribution in [1.82, 2.24) is 0 Å². The molecule has 0 radical (unpaired) electrons. The molecule has 0 aromatic carbocycles. The molecule has 0 aliphatic heterocycles. The minimum atomic E-state index is 0.834. The smallest absolute Gasteiger partial charge is 0.0146 e. The van der Waals surface area contributed by atoms with E-state index in [0.29, 0.717) is 0 Å². The number of alkyl halides is 1. The summed E-state index contributed by atoms with van der Waals surface area (Å²) in [5.74, 6) is 1.06. The first-order chi connectivity index (χ1) is 5.33. The maximum absolute atomic E-state index is 3.68. The second-order valence-electron chi connectivity index (χ2n) is 3.76. The predicted octanol–water partition coefficient (Wildman–Crippen LogP) is 4.13. The molecular weight excluding hydrogens is 200 g/mol. The van der Waals surface area contributed by atoms with E-state index in [0.717, 1.165) is 10.7 Å². The first kappa shape index (κ1) is 9.57. The van der Waals surface area contributed by atoms with E-state index >= 15 is 0 Å². The Morgan fingerprint density at radius 3 is 2.36 bits per heavy atom. The van der Waals surface area contributed by atoms with Crippen LogP contribution in [0.25, 0.3) is 0 Å². The van der Waals surface area contributed by atoms with Crippen molar-refractivity contribution in [1.29, 1.82) is 0 Å². The number of hydrogen-bond acceptors (Lipinski definition) is 0. The van der Waals surface area contributed by atoms with Gasteiger partial charge in [-0.3, -0.25) is 0 Å². The molecule has 0 aromatic heterocycles. The first-order valence-electron chi connectivity index (χ1n) is 4.97. The molecule has 66 valence electrons. The number of rotatable bonds is 3. The zero-order valence-electron chi connectivity index (χ0n) is 7.48. The average molecular weight is 219 g/mol. The summed E-state index contributed by atoms with van der Waals surface area (Å²) in [6.45, 7) is 2.29. The van der Waals surface area contributed by atoms with Gasteiger partial charge in [-0.1, -0.05) is 42.1 Å². The maximum Gasteiger partial charge on any atom is 0.0146 e. The van der Waals surface area contributed by atoms with Gasteiger partial charge in [0.15, 0.2) is 0 Å². The average Bonchev–Trinajstić information content (AvgIpc) is 2.04. The predicted molar refractivity (Wildman–Crippen MR) is 54.2 cm³/mol. The number of halogens is 1. The van der Waals surface area contributed by atoms with Crippen LogP contribution in [0.15, 0.2) is 0 Å². The third-order valence-corrected chi connectivity index (χ3v) is 3.66. The van der Waals surface area contributed by atoms with E-state index in [1.807, 2.05) is 0 Å². The van der Waals surface area contributed by atoms with E-state index in [4.69, 9.17) is 0 Å². The molecule has 1 aliphatic rings. The Labute approximate surface area is 78.9 Å². The van der Waals surface area contributed by atoms with Gasteiger partial charge in [0.1, 0.15) is 0 Å². The minimum absolute atomic E-state index is 0.834. The summed E-state index contributed by atoms with van der Waals surface area (Å²) in [4.78, 5) is 0.834. The second kappa shape index (κ2) is 5.18. The van der Waals surface area contributed by atoms with E-state index in [1.54, 1.807) is 0 Å². The maximum atomic E-state index is 3.68. The fourth-order valence-corrected chi connectivity index (χ4v) is 2.43. The highest BCUT2D eigenvalue weighted by Crippen LogP contribution is 2.31. The van der Waals surface area contributed by atoms with Crippen LogP contribution in [0.4, 0.5) is 0 Å². The van der Waals surface area contributed by atoms with Crippen molar-refractivity contribution in [3.05, 3.63) is 0 Å². The van der Waals surface area contributed by atoms with Crippen LogP contribution in [0.2, 0.25) is 0 Å². The fraction of sp³-hybridized carbons (Fsp3) is 1.00. The summed E-state index contributed by atoms with van der Waals surface area (Å²) in [6.07, 6.45) is 10.1. The van der Waals surface area contributed by atoms with Crippen LogP contribution in [-0.2, 0) is 0 Å². The highest BCUT2D eigenvalue weighted by molar-refractivity contribution is 9.09. The molecule has 0 unspecified atom stereocenters. The summed E-state index contributed by atoms with van der Waals surface area (Å²) in [5.41, 5.74) is 0. The van der Waals surface area contributed by atoms with Crippen LogP contribution in [0.3, 0.4) is 0 Å². The molecule has 1 rings (SSSR count). The second-order valence-corrected chi connectivity index (χ2v) is 5.06. The van der Waals surface area contributed by atoms with Crippen LogP contribution in [0.5, 0.6) is 0 Å². The quantitative estimate of drug-likeness (QED) is 0.626. The lowest BCUT2D eigenvalue weighted by atomic mass is 9.86. The minimum Gasteiger partial charge on any atom is -0.0891 e. The molecule has 11 heavy (non-hydrogen) atoms. The van der Waals surface area contributed by atoms with Gasteiger partial charge in [0.05, 0.1) is 0 Å². The fourth-order valence-electron chi connectivity index (χ4n) is 1.90. The first-order valence-corrected chi connectivity index (χ1v) is 5.88. The van der Waals surface area contributed by atoms with Crippen LogP contribution in [0.1, 0.15) is 51.9 Å². The topological polar surface area (TPSA) is 0 Å². The molecule has 0 N–H and O–H groups in total. The summed E-state index contributed by atoms with van der Waals surface area (Å²) in [6, 6.07) is 0. The Hall–Kier alpha value is 0.480. The lowest BCUT2D eigenvalue weighted by molar-refractivity contribution is 0.339. The molecule has 1 fully saturated rings. The molecule has 0 nitrogen and oxygen atoms in total. The normalized spacial score (nSPS) is 32.2. The molecule has 0 spiro atoms. The Balaban J connectivity index is 2.07. The van der Waals surface area contributed by atoms with Crippen LogP contribution < -0.4 is 0 Å². The highest BCUT2D eigenvalue weighted by atomic mass is 79.9. The van der Waals surface area contributed by atoms with Crippen molar-refractivity contribution in [3.8, 4) is 0 Å². The highest BCUT2D eigenvalue weighted by Gasteiger charge is 2.17. The molecule has 1 aliphatic carbocycles. The number of unbranched alkanes of at least 4 members (excludes halogenated alkanes) is 1. The van der Waals surface area contributed by atoms with E-state index in [1.165, 1.54) is 44.9 Å². The van der Waals surface area contributed by atoms with Gasteiger partial charge in [-0.05, 0) is 31.6 Å². The van der Waals surface area contributed by atoms with Crippen LogP contribution >= 0.6 is 15.9 Å². The Kier molecular flexibility index (Phi) is 4.51. The molecule has 1 saturated carbocycles. The Bertz CT molecular complexity index is 90.3. The van der Waals surface area contributed by atoms with Crippen LogP contribution in [0, 0.1) is 5.92 Å². The van der Waals surface area contributed by atoms with Gasteiger partial charge in [0.25, 0.3) is 0 Å². The molecule has 0 atom stereocenters. The molecule has 1 heteroatoms. The standard InChI is InChI=1S/C10H19Br/c1-2-3-4-9-5-7-10(11)8-6-9/h9-10H,2-8H2,1H3. The SMILES string of the molecule is CCCCC1CCC(Br)CC1. The lowest BCUT2D eigenvalue weighted by Gasteiger charge is -2.24. The summed E-state index contributed by atoms with van der Waals surface area (Å²) in [7, 11) is 0. The molecule has 0 aromatic rings. The van der Waals surface area contributed by atoms with Gasteiger partial charge in [-0.15, -0.1) is 0 Å². The molecule has 0 bridgehead atoms. The van der Waals surface area contributed by atoms with Gasteiger partial charge in [-0.25, -0.2) is 0 Å². The third kappa shape index (κ3) is 3.59. The van der Waals surface area contributed by atoms with Gasteiger partial charge in [0.2, 0.25) is 0 Å². The van der Waals surface area contributed by atoms with E-state index < -0.39 is 0 Å². The Morgan fingerprint density at radius 2 is 1.82 bits per heavy atom. The van der Waals surface area contributed by atoms with E-state index in [2.05, 4.69) is 22.9 Å². The van der Waals surface area contributed by atoms with Crippen molar-refractivity contribution in [2.45, 2.75) is 56.7 Å². The summed E-state index contributed by atoms with van der Waals surface area (Å²) < 4.78 is 0. The van der Waals surface area contributed by atoms with Crippen molar-refractivity contribution >= 4 is 15.9 Å². The molecule has 0 saturated heterocycles.